The number of benzene rings is 1. The van der Waals surface area contributed by atoms with Gasteiger partial charge in [-0.1, -0.05) is 29.8 Å². The molecule has 0 heterocycles. The molecule has 3 N–H and O–H groups in total. The molecule has 17 heavy (non-hydrogen) atoms. The van der Waals surface area contributed by atoms with Crippen molar-refractivity contribution in [3.8, 4) is 6.07 Å². The fourth-order valence-electron chi connectivity index (χ4n) is 1.25. The molecule has 1 aromatic rings. The Labute approximate surface area is 98.5 Å². The highest BCUT2D eigenvalue weighted by Crippen LogP contribution is 2.09. The molecule has 0 saturated heterocycles. The maximum Gasteiger partial charge on any atom is 0.319 e. The van der Waals surface area contributed by atoms with E-state index in [1.165, 1.54) is 6.08 Å². The monoisotopic (exact) mass is 229 g/mol. The van der Waals surface area contributed by atoms with Gasteiger partial charge in [-0.2, -0.15) is 5.26 Å². The van der Waals surface area contributed by atoms with Crippen LogP contribution in [0.2, 0.25) is 0 Å². The van der Waals surface area contributed by atoms with Crippen molar-refractivity contribution in [1.29, 1.82) is 5.26 Å². The third-order valence-corrected chi connectivity index (χ3v) is 1.95. The van der Waals surface area contributed by atoms with Gasteiger partial charge in [0, 0.05) is 0 Å². The van der Waals surface area contributed by atoms with E-state index in [2.05, 4.69) is 0 Å². The second-order valence-corrected chi connectivity index (χ2v) is 3.40. The van der Waals surface area contributed by atoms with Gasteiger partial charge in [0.05, 0.1) is 0 Å². The number of amides is 3. The third kappa shape index (κ3) is 3.80. The highest BCUT2D eigenvalue weighted by molar-refractivity contribution is 6.08. The molecule has 86 valence electrons. The summed E-state index contributed by atoms with van der Waals surface area (Å²) in [5.41, 5.74) is 6.34. The first-order chi connectivity index (χ1) is 8.02. The number of hydrogen-bond donors (Lipinski definition) is 2. The largest absolute Gasteiger partial charge is 0.351 e. The summed E-state index contributed by atoms with van der Waals surface area (Å²) in [7, 11) is 0. The summed E-state index contributed by atoms with van der Waals surface area (Å²) < 4.78 is 0. The van der Waals surface area contributed by atoms with Gasteiger partial charge < -0.3 is 5.73 Å². The number of nitrogens with one attached hydrogen (secondary N) is 1. The van der Waals surface area contributed by atoms with E-state index in [4.69, 9.17) is 11.0 Å². The molecule has 0 aliphatic rings. The van der Waals surface area contributed by atoms with Crippen LogP contribution in [-0.2, 0) is 4.79 Å². The van der Waals surface area contributed by atoms with Crippen LogP contribution in [0.1, 0.15) is 11.1 Å². The predicted octanol–water partition coefficient (Wildman–Crippen LogP) is 1.10. The van der Waals surface area contributed by atoms with Crippen LogP contribution in [0.25, 0.3) is 6.08 Å². The zero-order valence-electron chi connectivity index (χ0n) is 9.23. The maximum atomic E-state index is 11.4. The van der Waals surface area contributed by atoms with Gasteiger partial charge >= 0.3 is 6.03 Å². The van der Waals surface area contributed by atoms with Crippen LogP contribution in [0.4, 0.5) is 4.79 Å². The second kappa shape index (κ2) is 5.47. The Morgan fingerprint density at radius 1 is 1.47 bits per heavy atom. The number of carbonyl (C=O) groups excluding carboxylic acids is 2. The molecule has 0 bridgehead atoms. The first-order valence-corrected chi connectivity index (χ1v) is 4.82. The normalized spacial score (nSPS) is 10.5. The zero-order valence-corrected chi connectivity index (χ0v) is 9.23. The lowest BCUT2D eigenvalue weighted by molar-refractivity contribution is -0.115. The average Bonchev–Trinajstić information content (AvgIpc) is 2.24. The Morgan fingerprint density at radius 3 is 2.71 bits per heavy atom. The third-order valence-electron chi connectivity index (χ3n) is 1.95. The Morgan fingerprint density at radius 2 is 2.18 bits per heavy atom. The van der Waals surface area contributed by atoms with Crippen molar-refractivity contribution >= 4 is 18.0 Å². The number of rotatable bonds is 2. The number of imide groups is 1. The van der Waals surface area contributed by atoms with Crippen LogP contribution in [0.5, 0.6) is 0 Å². The lowest BCUT2D eigenvalue weighted by Crippen LogP contribution is -2.35. The first kappa shape index (κ1) is 12.5. The quantitative estimate of drug-likeness (QED) is 0.587. The minimum Gasteiger partial charge on any atom is -0.351 e. The highest BCUT2D eigenvalue weighted by Gasteiger charge is 2.10. The van der Waals surface area contributed by atoms with Gasteiger partial charge in [0.2, 0.25) is 0 Å². The van der Waals surface area contributed by atoms with Crippen LogP contribution in [0.3, 0.4) is 0 Å². The fraction of sp³-hybridized carbons (Fsp3) is 0.0833. The molecule has 0 aliphatic carbocycles. The van der Waals surface area contributed by atoms with E-state index < -0.39 is 11.9 Å². The molecule has 5 nitrogen and oxygen atoms in total. The summed E-state index contributed by atoms with van der Waals surface area (Å²) in [6, 6.07) is 8.00. The summed E-state index contributed by atoms with van der Waals surface area (Å²) in [6.07, 6.45) is 1.39. The lowest BCUT2D eigenvalue weighted by atomic mass is 10.1. The molecule has 0 saturated carbocycles. The van der Waals surface area contributed by atoms with Crippen molar-refractivity contribution in [2.24, 2.45) is 5.73 Å². The van der Waals surface area contributed by atoms with Gasteiger partial charge in [-0.25, -0.2) is 4.79 Å². The highest BCUT2D eigenvalue weighted by atomic mass is 16.2. The van der Waals surface area contributed by atoms with E-state index in [0.717, 1.165) is 5.56 Å². The Kier molecular flexibility index (Phi) is 4.01. The minimum absolute atomic E-state index is 0.172. The second-order valence-electron chi connectivity index (χ2n) is 3.40. The summed E-state index contributed by atoms with van der Waals surface area (Å²) >= 11 is 0. The summed E-state index contributed by atoms with van der Waals surface area (Å²) in [5, 5.41) is 10.6. The standard InChI is InChI=1S/C12H11N3O2/c1-8-3-2-4-9(5-8)6-10(7-13)11(16)15-12(14)17/h2-6H,1H3,(H3,14,15,16,17)/b10-6-. The number of primary amides is 1. The predicted molar refractivity (Wildman–Crippen MR) is 62.5 cm³/mol. The van der Waals surface area contributed by atoms with Crippen molar-refractivity contribution in [3.63, 3.8) is 0 Å². The van der Waals surface area contributed by atoms with Gasteiger partial charge in [0.25, 0.3) is 5.91 Å². The molecule has 0 spiro atoms. The molecule has 1 rings (SSSR count). The van der Waals surface area contributed by atoms with Gasteiger partial charge in [-0.15, -0.1) is 0 Å². The molecular formula is C12H11N3O2. The summed E-state index contributed by atoms with van der Waals surface area (Å²) in [5.74, 6) is -0.804. The number of urea groups is 1. The molecule has 0 unspecified atom stereocenters. The van der Waals surface area contributed by atoms with Crippen molar-refractivity contribution in [2.45, 2.75) is 6.92 Å². The number of aryl methyl sites for hydroxylation is 1. The van der Waals surface area contributed by atoms with Crippen LogP contribution in [0, 0.1) is 18.3 Å². The van der Waals surface area contributed by atoms with Crippen molar-refractivity contribution < 1.29 is 9.59 Å². The molecular weight excluding hydrogens is 218 g/mol. The first-order valence-electron chi connectivity index (χ1n) is 4.82. The topological polar surface area (TPSA) is 96.0 Å². The molecule has 0 aromatic heterocycles. The van der Waals surface area contributed by atoms with E-state index in [9.17, 15) is 9.59 Å². The van der Waals surface area contributed by atoms with E-state index >= 15 is 0 Å². The van der Waals surface area contributed by atoms with Crippen molar-refractivity contribution in [2.75, 3.05) is 0 Å². The fourth-order valence-corrected chi connectivity index (χ4v) is 1.25. The number of nitriles is 1. The molecule has 1 aromatic carbocycles. The SMILES string of the molecule is Cc1cccc(/C=C(/C#N)C(=O)NC(N)=O)c1. The Hall–Kier alpha value is -2.61. The Bertz CT molecular complexity index is 527. The molecule has 5 heteroatoms. The van der Waals surface area contributed by atoms with E-state index in [1.807, 2.05) is 30.4 Å². The van der Waals surface area contributed by atoms with E-state index in [1.54, 1.807) is 12.1 Å². The van der Waals surface area contributed by atoms with Gasteiger partial charge in [0.1, 0.15) is 11.6 Å². The van der Waals surface area contributed by atoms with Gasteiger partial charge in [0.15, 0.2) is 0 Å². The number of hydrogen-bond acceptors (Lipinski definition) is 3. The van der Waals surface area contributed by atoms with Gasteiger partial charge in [-0.05, 0) is 18.6 Å². The van der Waals surface area contributed by atoms with Gasteiger partial charge in [-0.3, -0.25) is 10.1 Å². The van der Waals surface area contributed by atoms with E-state index in [0.29, 0.717) is 5.56 Å². The molecule has 0 aliphatic heterocycles. The summed E-state index contributed by atoms with van der Waals surface area (Å²) in [4.78, 5) is 21.9. The van der Waals surface area contributed by atoms with Crippen LogP contribution < -0.4 is 11.1 Å². The molecule has 3 amide bonds. The Balaban J connectivity index is 2.99. The molecule has 0 atom stereocenters. The molecule has 0 fully saturated rings. The van der Waals surface area contributed by atoms with E-state index in [-0.39, 0.29) is 5.57 Å². The average molecular weight is 229 g/mol. The summed E-state index contributed by atoms with van der Waals surface area (Å²) in [6.45, 7) is 1.90. The maximum absolute atomic E-state index is 11.4. The van der Waals surface area contributed by atoms with Crippen LogP contribution in [-0.4, -0.2) is 11.9 Å². The lowest BCUT2D eigenvalue weighted by Gasteiger charge is -2.00. The number of nitrogens with two attached hydrogens (primary N) is 1. The van der Waals surface area contributed by atoms with Crippen molar-refractivity contribution in [1.82, 2.24) is 5.32 Å². The van der Waals surface area contributed by atoms with Crippen LogP contribution >= 0.6 is 0 Å². The smallest absolute Gasteiger partial charge is 0.319 e. The van der Waals surface area contributed by atoms with Crippen molar-refractivity contribution in [3.05, 3.63) is 41.0 Å². The number of nitrogens with zero attached hydrogens (tertiary/aromatic N) is 1. The minimum atomic E-state index is -0.986. The zero-order chi connectivity index (χ0) is 12.8. The van der Waals surface area contributed by atoms with Crippen LogP contribution in [0.15, 0.2) is 29.8 Å². The number of carbonyl (C=O) groups is 2. The molecule has 0 radical (unpaired) electrons.